The molecule has 0 aliphatic heterocycles. The van der Waals surface area contributed by atoms with Gasteiger partial charge in [0.2, 0.25) is 0 Å². The molecule has 27 heavy (non-hydrogen) atoms. The Morgan fingerprint density at radius 2 is 1.81 bits per heavy atom. The van der Waals surface area contributed by atoms with Crippen LogP contribution < -0.4 is 10.1 Å². The lowest BCUT2D eigenvalue weighted by Gasteiger charge is -2.27. The van der Waals surface area contributed by atoms with Crippen molar-refractivity contribution in [2.45, 2.75) is 44.8 Å². The normalized spacial score (nSPS) is 19.2. The number of ketones is 1. The van der Waals surface area contributed by atoms with Crippen LogP contribution in [-0.2, 0) is 0 Å². The van der Waals surface area contributed by atoms with Gasteiger partial charge in [0.05, 0.1) is 30.0 Å². The van der Waals surface area contributed by atoms with Crippen LogP contribution in [0, 0.1) is 11.3 Å². The summed E-state index contributed by atoms with van der Waals surface area (Å²) >= 11 is 0. The average molecular weight is 364 g/mol. The van der Waals surface area contributed by atoms with Crippen molar-refractivity contribution >= 4 is 11.5 Å². The van der Waals surface area contributed by atoms with E-state index in [9.17, 15) is 15.2 Å². The van der Waals surface area contributed by atoms with Gasteiger partial charge < -0.3 is 15.2 Å². The number of carbonyl (C=O) groups excluding carboxylic acids is 1. The molecule has 0 radical (unpaired) electrons. The molecule has 2 aromatic rings. The number of benzene rings is 2. The highest BCUT2D eigenvalue weighted by atomic mass is 16.5. The lowest BCUT2D eigenvalue weighted by molar-refractivity contribution is 0.101. The molecule has 0 aromatic heterocycles. The molecule has 0 spiro atoms. The highest BCUT2D eigenvalue weighted by Crippen LogP contribution is 2.31. The second kappa shape index (κ2) is 8.24. The Labute approximate surface area is 159 Å². The van der Waals surface area contributed by atoms with Crippen LogP contribution in [0.15, 0.2) is 36.4 Å². The topological polar surface area (TPSA) is 82.3 Å². The fourth-order valence-electron chi connectivity index (χ4n) is 3.54. The minimum atomic E-state index is -0.211. The summed E-state index contributed by atoms with van der Waals surface area (Å²) in [5.74, 6) is 0.500. The van der Waals surface area contributed by atoms with E-state index in [2.05, 4.69) is 11.4 Å². The number of rotatable bonds is 5. The van der Waals surface area contributed by atoms with Crippen LogP contribution in [0.1, 0.15) is 48.5 Å². The van der Waals surface area contributed by atoms with Crippen LogP contribution in [0.4, 0.5) is 5.69 Å². The number of methoxy groups -OCH3 is 1. The van der Waals surface area contributed by atoms with Gasteiger partial charge in [-0.25, -0.2) is 0 Å². The van der Waals surface area contributed by atoms with E-state index < -0.39 is 0 Å². The highest BCUT2D eigenvalue weighted by molar-refractivity contribution is 5.97. The van der Waals surface area contributed by atoms with E-state index in [1.54, 1.807) is 19.2 Å². The number of hydrogen-bond acceptors (Lipinski definition) is 5. The van der Waals surface area contributed by atoms with E-state index in [0.29, 0.717) is 16.9 Å². The first kappa shape index (κ1) is 18.9. The number of aliphatic hydroxyl groups is 1. The SMILES string of the molecule is COc1cc(-c2ccc(C#N)c(NC3CCC(O)CC3)c2)ccc1C(C)=O. The van der Waals surface area contributed by atoms with Crippen LogP contribution in [0.5, 0.6) is 5.75 Å². The predicted octanol–water partition coefficient (Wildman–Crippen LogP) is 4.15. The molecule has 1 fully saturated rings. The van der Waals surface area contributed by atoms with Gasteiger partial charge in [0, 0.05) is 6.04 Å². The van der Waals surface area contributed by atoms with E-state index in [4.69, 9.17) is 4.74 Å². The molecule has 1 saturated carbocycles. The molecule has 3 rings (SSSR count). The predicted molar refractivity (Wildman–Crippen MR) is 105 cm³/mol. The number of carbonyl (C=O) groups is 1. The van der Waals surface area contributed by atoms with E-state index in [-0.39, 0.29) is 17.9 Å². The van der Waals surface area contributed by atoms with Gasteiger partial charge in [-0.2, -0.15) is 5.26 Å². The number of hydrogen-bond donors (Lipinski definition) is 2. The first-order chi connectivity index (χ1) is 13.0. The van der Waals surface area contributed by atoms with Crippen LogP contribution in [0.25, 0.3) is 11.1 Å². The molecule has 1 aliphatic rings. The van der Waals surface area contributed by atoms with Crippen LogP contribution >= 0.6 is 0 Å². The standard InChI is InChI=1S/C22H24N2O3/c1-14(25)20-10-5-16(12-22(20)27-2)15-3-4-17(13-23)21(11-15)24-18-6-8-19(26)9-7-18/h3-5,10-12,18-19,24,26H,6-9H2,1-2H3. The summed E-state index contributed by atoms with van der Waals surface area (Å²) < 4.78 is 5.36. The van der Waals surface area contributed by atoms with Gasteiger partial charge in [-0.05, 0) is 68.0 Å². The average Bonchev–Trinajstić information content (AvgIpc) is 2.69. The molecule has 0 amide bonds. The molecule has 0 bridgehead atoms. The molecular weight excluding hydrogens is 340 g/mol. The molecule has 5 heteroatoms. The number of ether oxygens (including phenoxy) is 1. The minimum Gasteiger partial charge on any atom is -0.496 e. The quantitative estimate of drug-likeness (QED) is 0.779. The number of nitriles is 1. The van der Waals surface area contributed by atoms with Gasteiger partial charge in [0.15, 0.2) is 5.78 Å². The first-order valence-electron chi connectivity index (χ1n) is 9.20. The first-order valence-corrected chi connectivity index (χ1v) is 9.20. The molecule has 0 atom stereocenters. The largest absolute Gasteiger partial charge is 0.496 e. The van der Waals surface area contributed by atoms with Crippen molar-refractivity contribution in [3.63, 3.8) is 0 Å². The van der Waals surface area contributed by atoms with Crippen LogP contribution in [0.2, 0.25) is 0 Å². The maximum atomic E-state index is 11.7. The zero-order valence-electron chi connectivity index (χ0n) is 15.7. The van der Waals surface area contributed by atoms with E-state index in [1.165, 1.54) is 6.92 Å². The summed E-state index contributed by atoms with van der Waals surface area (Å²) in [6, 6.07) is 13.7. The van der Waals surface area contributed by atoms with Gasteiger partial charge >= 0.3 is 0 Å². The number of nitrogens with zero attached hydrogens (tertiary/aromatic N) is 1. The molecule has 2 N–H and O–H groups in total. The summed E-state index contributed by atoms with van der Waals surface area (Å²) in [4.78, 5) is 11.7. The lowest BCUT2D eigenvalue weighted by Crippen LogP contribution is -2.28. The molecule has 140 valence electrons. The summed E-state index contributed by atoms with van der Waals surface area (Å²) in [7, 11) is 1.55. The van der Waals surface area contributed by atoms with Crippen LogP contribution in [-0.4, -0.2) is 30.1 Å². The number of anilines is 1. The van der Waals surface area contributed by atoms with E-state index in [1.807, 2.05) is 24.3 Å². The summed E-state index contributed by atoms with van der Waals surface area (Å²) in [5, 5.41) is 22.6. The number of nitrogens with one attached hydrogen (secondary N) is 1. The van der Waals surface area contributed by atoms with Gasteiger partial charge in [0.1, 0.15) is 11.8 Å². The van der Waals surface area contributed by atoms with Crippen molar-refractivity contribution in [3.8, 4) is 22.9 Å². The second-order valence-corrected chi connectivity index (χ2v) is 6.99. The Balaban J connectivity index is 1.91. The van der Waals surface area contributed by atoms with Crippen molar-refractivity contribution in [2.75, 3.05) is 12.4 Å². The minimum absolute atomic E-state index is 0.0416. The van der Waals surface area contributed by atoms with Gasteiger partial charge in [0.25, 0.3) is 0 Å². The van der Waals surface area contributed by atoms with Gasteiger partial charge in [-0.1, -0.05) is 12.1 Å². The Bertz CT molecular complexity index is 878. The molecule has 5 nitrogen and oxygen atoms in total. The maximum absolute atomic E-state index is 11.7. The van der Waals surface area contributed by atoms with Crippen molar-refractivity contribution in [1.82, 2.24) is 0 Å². The highest BCUT2D eigenvalue weighted by Gasteiger charge is 2.20. The third-order valence-corrected chi connectivity index (χ3v) is 5.11. The third-order valence-electron chi connectivity index (χ3n) is 5.11. The number of aliphatic hydroxyl groups excluding tert-OH is 1. The molecule has 2 aromatic carbocycles. The molecule has 0 saturated heterocycles. The van der Waals surface area contributed by atoms with Gasteiger partial charge in [-0.15, -0.1) is 0 Å². The molecule has 1 aliphatic carbocycles. The van der Waals surface area contributed by atoms with Crippen LogP contribution in [0.3, 0.4) is 0 Å². The number of Topliss-reactive ketones (excluding diaryl/α,β-unsaturated/α-hetero) is 1. The zero-order valence-corrected chi connectivity index (χ0v) is 15.7. The maximum Gasteiger partial charge on any atom is 0.163 e. The smallest absolute Gasteiger partial charge is 0.163 e. The zero-order chi connectivity index (χ0) is 19.4. The van der Waals surface area contributed by atoms with Crippen molar-refractivity contribution in [2.24, 2.45) is 0 Å². The van der Waals surface area contributed by atoms with Crippen molar-refractivity contribution in [1.29, 1.82) is 5.26 Å². The lowest BCUT2D eigenvalue weighted by atomic mass is 9.92. The summed E-state index contributed by atoms with van der Waals surface area (Å²) in [6.45, 7) is 1.52. The van der Waals surface area contributed by atoms with Crippen molar-refractivity contribution < 1.29 is 14.6 Å². The van der Waals surface area contributed by atoms with Crippen molar-refractivity contribution in [3.05, 3.63) is 47.5 Å². The Morgan fingerprint density at radius 1 is 1.15 bits per heavy atom. The van der Waals surface area contributed by atoms with E-state index in [0.717, 1.165) is 42.5 Å². The third kappa shape index (κ3) is 4.29. The Kier molecular flexibility index (Phi) is 5.78. The molecule has 0 heterocycles. The molecule has 0 unspecified atom stereocenters. The fraction of sp³-hybridized carbons (Fsp3) is 0.364. The van der Waals surface area contributed by atoms with Gasteiger partial charge in [-0.3, -0.25) is 4.79 Å². The monoisotopic (exact) mass is 364 g/mol. The Morgan fingerprint density at radius 3 is 2.44 bits per heavy atom. The fourth-order valence-corrected chi connectivity index (χ4v) is 3.54. The summed E-state index contributed by atoms with van der Waals surface area (Å²) in [6.07, 6.45) is 3.12. The molecular formula is C22H24N2O3. The summed E-state index contributed by atoms with van der Waals surface area (Å²) in [5.41, 5.74) is 3.81. The van der Waals surface area contributed by atoms with E-state index >= 15 is 0 Å². The second-order valence-electron chi connectivity index (χ2n) is 6.99. The Hall–Kier alpha value is -2.84.